The predicted molar refractivity (Wildman–Crippen MR) is 166 cm³/mol. The van der Waals surface area contributed by atoms with E-state index in [1.54, 1.807) is 18.2 Å². The third-order valence-corrected chi connectivity index (χ3v) is 9.15. The highest BCUT2D eigenvalue weighted by atomic mass is 79.9. The van der Waals surface area contributed by atoms with E-state index in [0.29, 0.717) is 31.3 Å². The molecule has 1 aliphatic heterocycles. The molecule has 0 saturated carbocycles. The number of fused-ring (bicyclic) bond motifs is 1. The number of hydrogen-bond donors (Lipinski definition) is 1. The van der Waals surface area contributed by atoms with Crippen molar-refractivity contribution in [1.82, 2.24) is 10.2 Å². The highest BCUT2D eigenvalue weighted by molar-refractivity contribution is 9.10. The Morgan fingerprint density at radius 2 is 1.62 bits per heavy atom. The Balaban J connectivity index is 1.73. The van der Waals surface area contributed by atoms with Gasteiger partial charge in [-0.2, -0.15) is 0 Å². The molecule has 0 saturated heterocycles. The monoisotopic (exact) mass is 657 g/mol. The van der Waals surface area contributed by atoms with Gasteiger partial charge in [0.25, 0.3) is 0 Å². The fraction of sp³-hybridized carbons (Fsp3) is 0.355. The Hall–Kier alpha value is -3.57. The van der Waals surface area contributed by atoms with Crippen LogP contribution in [0.2, 0.25) is 0 Å². The van der Waals surface area contributed by atoms with Crippen LogP contribution in [-0.4, -0.2) is 63.2 Å². The van der Waals surface area contributed by atoms with Gasteiger partial charge in [-0.1, -0.05) is 65.3 Å². The van der Waals surface area contributed by atoms with Crippen molar-refractivity contribution in [3.63, 3.8) is 0 Å². The summed E-state index contributed by atoms with van der Waals surface area (Å²) in [4.78, 5) is 29.3. The number of anilines is 1. The van der Waals surface area contributed by atoms with Gasteiger partial charge in [0.15, 0.2) is 11.5 Å². The van der Waals surface area contributed by atoms with Crippen LogP contribution in [0.15, 0.2) is 77.3 Å². The Kier molecular flexibility index (Phi) is 10.9. The van der Waals surface area contributed by atoms with Crippen molar-refractivity contribution in [2.75, 3.05) is 36.4 Å². The van der Waals surface area contributed by atoms with E-state index < -0.39 is 28.5 Å². The van der Waals surface area contributed by atoms with Crippen LogP contribution in [0, 0.1) is 0 Å². The quantitative estimate of drug-likeness (QED) is 0.289. The third-order valence-electron chi connectivity index (χ3n) is 6.88. The zero-order valence-corrected chi connectivity index (χ0v) is 26.2. The van der Waals surface area contributed by atoms with Gasteiger partial charge in [0.2, 0.25) is 21.8 Å². The van der Waals surface area contributed by atoms with Crippen molar-refractivity contribution in [1.29, 1.82) is 0 Å². The molecule has 3 aromatic carbocycles. The smallest absolute Gasteiger partial charge is 0.244 e. The van der Waals surface area contributed by atoms with Gasteiger partial charge in [0.1, 0.15) is 25.8 Å². The molecule has 0 unspecified atom stereocenters. The Morgan fingerprint density at radius 1 is 0.929 bits per heavy atom. The van der Waals surface area contributed by atoms with E-state index in [1.165, 1.54) is 11.8 Å². The number of hydrogen-bond acceptors (Lipinski definition) is 6. The lowest BCUT2D eigenvalue weighted by atomic mass is 10.0. The number of amides is 2. The van der Waals surface area contributed by atoms with Crippen molar-refractivity contribution in [3.8, 4) is 11.5 Å². The molecule has 4 rings (SSSR count). The van der Waals surface area contributed by atoms with E-state index in [4.69, 9.17) is 9.47 Å². The molecule has 0 bridgehead atoms. The fourth-order valence-electron chi connectivity index (χ4n) is 4.61. The zero-order valence-electron chi connectivity index (χ0n) is 23.8. The first-order valence-electron chi connectivity index (χ1n) is 14.0. The van der Waals surface area contributed by atoms with E-state index in [-0.39, 0.29) is 30.3 Å². The number of nitrogens with zero attached hydrogens (tertiary/aromatic N) is 2. The van der Waals surface area contributed by atoms with Crippen LogP contribution in [0.1, 0.15) is 31.4 Å². The summed E-state index contributed by atoms with van der Waals surface area (Å²) in [5.41, 5.74) is 1.97. The van der Waals surface area contributed by atoms with E-state index in [2.05, 4.69) is 21.2 Å². The summed E-state index contributed by atoms with van der Waals surface area (Å²) in [7, 11) is -3.88. The molecule has 224 valence electrons. The van der Waals surface area contributed by atoms with Gasteiger partial charge in [0.05, 0.1) is 11.4 Å². The van der Waals surface area contributed by atoms with Gasteiger partial charge in [-0.3, -0.25) is 13.9 Å². The summed E-state index contributed by atoms with van der Waals surface area (Å²) < 4.78 is 40.0. The van der Waals surface area contributed by atoms with Crippen LogP contribution >= 0.6 is 15.9 Å². The van der Waals surface area contributed by atoms with Gasteiger partial charge in [-0.25, -0.2) is 8.42 Å². The lowest BCUT2D eigenvalue weighted by Crippen LogP contribution is -2.53. The predicted octanol–water partition coefficient (Wildman–Crippen LogP) is 4.54. The first-order valence-corrected chi connectivity index (χ1v) is 16.4. The molecule has 0 radical (unpaired) electrons. The van der Waals surface area contributed by atoms with E-state index in [1.807, 2.05) is 61.5 Å². The normalized spacial score (nSPS) is 13.2. The number of sulfonamides is 1. The first kappa shape index (κ1) is 31.4. The molecule has 1 aliphatic rings. The maximum absolute atomic E-state index is 14.2. The van der Waals surface area contributed by atoms with Crippen LogP contribution < -0.4 is 19.1 Å². The number of carbonyl (C=O) groups excluding carboxylic acids is 2. The molecule has 2 amide bonds. The third kappa shape index (κ3) is 8.04. The van der Waals surface area contributed by atoms with E-state index in [9.17, 15) is 18.0 Å². The highest BCUT2D eigenvalue weighted by Crippen LogP contribution is 2.35. The van der Waals surface area contributed by atoms with Crippen molar-refractivity contribution in [2.24, 2.45) is 0 Å². The van der Waals surface area contributed by atoms with Crippen molar-refractivity contribution >= 4 is 43.5 Å². The molecule has 11 heteroatoms. The number of ether oxygens (including phenoxy) is 2. The SMILES string of the molecule is CCCNC(=O)[C@@H](Cc1ccccc1)N(Cc1ccc(Br)cc1)C(=O)CN(c1ccc2c(c1)OCCO2)S(=O)(=O)CC. The Labute approximate surface area is 256 Å². The number of benzene rings is 3. The molecule has 3 aromatic rings. The van der Waals surface area contributed by atoms with E-state index >= 15 is 0 Å². The lowest BCUT2D eigenvalue weighted by molar-refractivity contribution is -0.140. The maximum Gasteiger partial charge on any atom is 0.244 e. The van der Waals surface area contributed by atoms with Crippen LogP contribution in [0.5, 0.6) is 11.5 Å². The van der Waals surface area contributed by atoms with Crippen molar-refractivity contribution in [3.05, 3.63) is 88.4 Å². The van der Waals surface area contributed by atoms with Crippen LogP contribution in [0.4, 0.5) is 5.69 Å². The lowest BCUT2D eigenvalue weighted by Gasteiger charge is -2.34. The van der Waals surface area contributed by atoms with Gasteiger partial charge < -0.3 is 19.7 Å². The average Bonchev–Trinajstić information content (AvgIpc) is 3.01. The van der Waals surface area contributed by atoms with Gasteiger partial charge in [0, 0.05) is 30.0 Å². The number of rotatable bonds is 13. The molecule has 9 nitrogen and oxygen atoms in total. The van der Waals surface area contributed by atoms with Gasteiger partial charge in [-0.15, -0.1) is 0 Å². The maximum atomic E-state index is 14.2. The molecule has 42 heavy (non-hydrogen) atoms. The molecule has 0 spiro atoms. The number of halogens is 1. The minimum Gasteiger partial charge on any atom is -0.486 e. The van der Waals surface area contributed by atoms with Crippen LogP contribution in [0.3, 0.4) is 0 Å². The number of nitrogens with one attached hydrogen (secondary N) is 1. The highest BCUT2D eigenvalue weighted by Gasteiger charge is 2.34. The Morgan fingerprint density at radius 3 is 2.29 bits per heavy atom. The summed E-state index contributed by atoms with van der Waals surface area (Å²) in [6.45, 7) is 4.31. The second-order valence-electron chi connectivity index (χ2n) is 9.88. The Bertz CT molecular complexity index is 1470. The summed E-state index contributed by atoms with van der Waals surface area (Å²) in [5.74, 6) is -0.0910. The molecule has 1 N–H and O–H groups in total. The fourth-order valence-corrected chi connectivity index (χ4v) is 5.93. The van der Waals surface area contributed by atoms with Crippen LogP contribution in [0.25, 0.3) is 0 Å². The zero-order chi connectivity index (χ0) is 30.1. The molecule has 0 aliphatic carbocycles. The summed E-state index contributed by atoms with van der Waals surface area (Å²) >= 11 is 3.44. The molecule has 0 fully saturated rings. The van der Waals surface area contributed by atoms with Gasteiger partial charge >= 0.3 is 0 Å². The topological polar surface area (TPSA) is 105 Å². The average molecular weight is 659 g/mol. The van der Waals surface area contributed by atoms with Crippen LogP contribution in [-0.2, 0) is 32.6 Å². The second kappa shape index (κ2) is 14.6. The first-order chi connectivity index (χ1) is 20.2. The molecule has 0 aromatic heterocycles. The molecule has 1 heterocycles. The van der Waals surface area contributed by atoms with Gasteiger partial charge in [-0.05, 0) is 48.7 Å². The molecule has 1 atom stereocenters. The number of carbonyl (C=O) groups is 2. The summed E-state index contributed by atoms with van der Waals surface area (Å²) in [5, 5.41) is 2.94. The van der Waals surface area contributed by atoms with Crippen molar-refractivity contribution < 1.29 is 27.5 Å². The summed E-state index contributed by atoms with van der Waals surface area (Å²) in [6, 6.07) is 20.9. The minimum absolute atomic E-state index is 0.115. The minimum atomic E-state index is -3.88. The van der Waals surface area contributed by atoms with E-state index in [0.717, 1.165) is 26.3 Å². The standard InChI is InChI=1S/C31H36BrN3O6S/c1-3-16-33-31(37)27(19-23-8-6-5-7-9-23)34(21-24-10-12-25(32)13-11-24)30(36)22-35(42(38,39)4-2)26-14-15-28-29(20-26)41-18-17-40-28/h5-15,20,27H,3-4,16-19,21-22H2,1-2H3,(H,33,37)/t27-/m1/s1. The summed E-state index contributed by atoms with van der Waals surface area (Å²) in [6.07, 6.45) is 1.00. The molecular weight excluding hydrogens is 622 g/mol. The largest absolute Gasteiger partial charge is 0.486 e. The van der Waals surface area contributed by atoms with Crippen molar-refractivity contribution in [2.45, 2.75) is 39.3 Å². The second-order valence-corrected chi connectivity index (χ2v) is 13.0. The molecular formula is C31H36BrN3O6S.